The molecule has 0 fully saturated rings. The highest BCUT2D eigenvalue weighted by atomic mass is 32.1. The van der Waals surface area contributed by atoms with Crippen molar-refractivity contribution in [2.24, 2.45) is 0 Å². The van der Waals surface area contributed by atoms with Crippen molar-refractivity contribution in [3.8, 4) is 16.3 Å². The smallest absolute Gasteiger partial charge is 0.275 e. The molecule has 2 aromatic heterocycles. The van der Waals surface area contributed by atoms with Gasteiger partial charge in [0, 0.05) is 11.6 Å². The number of aromatic nitrogens is 3. The van der Waals surface area contributed by atoms with Gasteiger partial charge in [-0.25, -0.2) is 9.37 Å². The van der Waals surface area contributed by atoms with Crippen molar-refractivity contribution in [3.05, 3.63) is 82.5 Å². The van der Waals surface area contributed by atoms with Crippen LogP contribution in [0.15, 0.2) is 65.5 Å². The van der Waals surface area contributed by atoms with Gasteiger partial charge in [0.2, 0.25) is 4.96 Å². The predicted molar refractivity (Wildman–Crippen MR) is 106 cm³/mol. The Morgan fingerprint density at radius 3 is 2.69 bits per heavy atom. The number of nitrogens with zero attached hydrogens (tertiary/aromatic N) is 3. The third kappa shape index (κ3) is 4.30. The Morgan fingerprint density at radius 1 is 1.14 bits per heavy atom. The van der Waals surface area contributed by atoms with Crippen LogP contribution in [0.25, 0.3) is 15.5 Å². The van der Waals surface area contributed by atoms with Gasteiger partial charge >= 0.3 is 0 Å². The molecule has 7 nitrogen and oxygen atoms in total. The van der Waals surface area contributed by atoms with Gasteiger partial charge in [-0.15, -0.1) is 0 Å². The number of hydrogen-bond donors (Lipinski definition) is 1. The summed E-state index contributed by atoms with van der Waals surface area (Å²) >= 11 is 1.28. The van der Waals surface area contributed by atoms with Crippen LogP contribution in [0, 0.1) is 5.82 Å². The van der Waals surface area contributed by atoms with E-state index in [2.05, 4.69) is 15.4 Å². The van der Waals surface area contributed by atoms with E-state index in [-0.39, 0.29) is 24.5 Å². The number of nitrogens with one attached hydrogen (secondary N) is 1. The lowest BCUT2D eigenvalue weighted by Gasteiger charge is -2.07. The monoisotopic (exact) mass is 410 g/mol. The lowest BCUT2D eigenvalue weighted by molar-refractivity contribution is -0.123. The van der Waals surface area contributed by atoms with Crippen LogP contribution in [0.4, 0.5) is 4.39 Å². The summed E-state index contributed by atoms with van der Waals surface area (Å²) in [5.41, 5.74) is 0.959. The number of amides is 1. The van der Waals surface area contributed by atoms with Crippen molar-refractivity contribution < 1.29 is 13.9 Å². The van der Waals surface area contributed by atoms with Gasteiger partial charge < -0.3 is 10.1 Å². The molecule has 1 amide bonds. The number of benzene rings is 2. The van der Waals surface area contributed by atoms with Crippen molar-refractivity contribution in [1.29, 1.82) is 0 Å². The second-order valence-corrected chi connectivity index (χ2v) is 7.01. The van der Waals surface area contributed by atoms with Crippen LogP contribution in [0.3, 0.4) is 0 Å². The van der Waals surface area contributed by atoms with Gasteiger partial charge in [-0.3, -0.25) is 9.59 Å². The van der Waals surface area contributed by atoms with E-state index in [4.69, 9.17) is 4.74 Å². The molecule has 2 aromatic carbocycles. The standard InChI is InChI=1S/C20H15FN4O3S/c21-15-8-4-5-9-16(15)28-12-17(26)22-11-14-10-18(27)25-20(23-14)29-19(24-25)13-6-2-1-3-7-13/h1-10H,11-12H2,(H,22,26). The van der Waals surface area contributed by atoms with E-state index in [1.54, 1.807) is 6.07 Å². The van der Waals surface area contributed by atoms with Crippen molar-refractivity contribution in [1.82, 2.24) is 19.9 Å². The van der Waals surface area contributed by atoms with Gasteiger partial charge in [0.1, 0.15) is 5.01 Å². The van der Waals surface area contributed by atoms with Crippen LogP contribution in [-0.2, 0) is 11.3 Å². The van der Waals surface area contributed by atoms with E-state index in [0.717, 1.165) is 5.56 Å². The van der Waals surface area contributed by atoms with E-state index >= 15 is 0 Å². The Bertz CT molecular complexity index is 1220. The molecule has 1 N–H and O–H groups in total. The van der Waals surface area contributed by atoms with Gasteiger partial charge in [0.15, 0.2) is 18.2 Å². The normalized spacial score (nSPS) is 10.8. The summed E-state index contributed by atoms with van der Waals surface area (Å²) < 4.78 is 19.9. The van der Waals surface area contributed by atoms with Gasteiger partial charge in [-0.2, -0.15) is 9.61 Å². The summed E-state index contributed by atoms with van der Waals surface area (Å²) in [6, 6.07) is 16.6. The molecule has 9 heteroatoms. The fraction of sp³-hybridized carbons (Fsp3) is 0.100. The molecule has 0 radical (unpaired) electrons. The first-order valence-electron chi connectivity index (χ1n) is 8.69. The summed E-state index contributed by atoms with van der Waals surface area (Å²) in [6.07, 6.45) is 0. The lowest BCUT2D eigenvalue weighted by atomic mass is 10.2. The molecule has 0 atom stereocenters. The van der Waals surface area contributed by atoms with Crippen LogP contribution in [0.2, 0.25) is 0 Å². The molecule has 4 rings (SSSR count). The Kier molecular flexibility index (Phi) is 5.30. The maximum absolute atomic E-state index is 13.5. The summed E-state index contributed by atoms with van der Waals surface area (Å²) in [5, 5.41) is 7.59. The highest BCUT2D eigenvalue weighted by Gasteiger charge is 2.12. The van der Waals surface area contributed by atoms with E-state index in [1.807, 2.05) is 30.3 Å². The molecular formula is C20H15FN4O3S. The minimum absolute atomic E-state index is 0.00135. The molecule has 146 valence electrons. The van der Waals surface area contributed by atoms with Crippen LogP contribution in [0.1, 0.15) is 5.69 Å². The number of carbonyl (C=O) groups is 1. The van der Waals surface area contributed by atoms with Crippen molar-refractivity contribution >= 4 is 22.2 Å². The molecule has 0 aliphatic carbocycles. The third-order valence-corrected chi connectivity index (χ3v) is 4.94. The lowest BCUT2D eigenvalue weighted by Crippen LogP contribution is -2.29. The quantitative estimate of drug-likeness (QED) is 0.528. The molecule has 0 spiro atoms. The maximum Gasteiger partial charge on any atom is 0.275 e. The Balaban J connectivity index is 1.43. The summed E-state index contributed by atoms with van der Waals surface area (Å²) in [5.74, 6) is -0.997. The zero-order valence-electron chi connectivity index (χ0n) is 15.0. The highest BCUT2D eigenvalue weighted by molar-refractivity contribution is 7.19. The molecule has 0 saturated carbocycles. The molecule has 0 unspecified atom stereocenters. The van der Waals surface area contributed by atoms with E-state index in [1.165, 1.54) is 40.1 Å². The number of para-hydroxylation sites is 1. The SMILES string of the molecule is O=C(COc1ccccc1F)NCc1cc(=O)n2nc(-c3ccccc3)sc2n1. The first-order valence-corrected chi connectivity index (χ1v) is 9.51. The van der Waals surface area contributed by atoms with Crippen LogP contribution < -0.4 is 15.6 Å². The van der Waals surface area contributed by atoms with Crippen LogP contribution in [0.5, 0.6) is 5.75 Å². The fourth-order valence-electron chi connectivity index (χ4n) is 2.59. The summed E-state index contributed by atoms with van der Waals surface area (Å²) in [6.45, 7) is -0.301. The van der Waals surface area contributed by atoms with E-state index in [9.17, 15) is 14.0 Å². The first-order chi connectivity index (χ1) is 14.1. The molecule has 0 saturated heterocycles. The molecule has 0 aliphatic heterocycles. The van der Waals surface area contributed by atoms with Crippen molar-refractivity contribution in [2.75, 3.05) is 6.61 Å². The molecule has 0 bridgehead atoms. The van der Waals surface area contributed by atoms with E-state index < -0.39 is 11.7 Å². The van der Waals surface area contributed by atoms with Gasteiger partial charge in [0.05, 0.1) is 12.2 Å². The molecule has 0 aliphatic rings. The van der Waals surface area contributed by atoms with E-state index in [0.29, 0.717) is 15.7 Å². The van der Waals surface area contributed by atoms with Crippen molar-refractivity contribution in [2.45, 2.75) is 6.54 Å². The Hall–Kier alpha value is -3.59. The first kappa shape index (κ1) is 18.8. The average Bonchev–Trinajstić information content (AvgIpc) is 3.17. The summed E-state index contributed by atoms with van der Waals surface area (Å²) in [7, 11) is 0. The minimum atomic E-state index is -0.542. The summed E-state index contributed by atoms with van der Waals surface area (Å²) in [4.78, 5) is 29.1. The highest BCUT2D eigenvalue weighted by Crippen LogP contribution is 2.23. The van der Waals surface area contributed by atoms with Gasteiger partial charge in [-0.1, -0.05) is 53.8 Å². The largest absolute Gasteiger partial charge is 0.481 e. The number of fused-ring (bicyclic) bond motifs is 1. The van der Waals surface area contributed by atoms with Gasteiger partial charge in [-0.05, 0) is 12.1 Å². The second kappa shape index (κ2) is 8.19. The zero-order chi connectivity index (χ0) is 20.2. The zero-order valence-corrected chi connectivity index (χ0v) is 15.9. The Labute approximate surface area is 168 Å². The number of hydrogen-bond acceptors (Lipinski definition) is 6. The predicted octanol–water partition coefficient (Wildman–Crippen LogP) is 2.65. The van der Waals surface area contributed by atoms with Gasteiger partial charge in [0.25, 0.3) is 11.5 Å². The molecule has 2 heterocycles. The van der Waals surface area contributed by atoms with Crippen LogP contribution >= 0.6 is 11.3 Å². The maximum atomic E-state index is 13.5. The topological polar surface area (TPSA) is 85.6 Å². The molecule has 29 heavy (non-hydrogen) atoms. The minimum Gasteiger partial charge on any atom is -0.481 e. The number of carbonyl (C=O) groups excluding carboxylic acids is 1. The average molecular weight is 410 g/mol. The number of ether oxygens (including phenoxy) is 1. The number of rotatable bonds is 6. The number of halogens is 1. The van der Waals surface area contributed by atoms with Crippen LogP contribution in [-0.4, -0.2) is 27.1 Å². The fourth-order valence-corrected chi connectivity index (χ4v) is 3.52. The Morgan fingerprint density at radius 2 is 1.90 bits per heavy atom. The second-order valence-electron chi connectivity index (χ2n) is 6.05. The molecular weight excluding hydrogens is 395 g/mol. The third-order valence-electron chi connectivity index (χ3n) is 3.98. The van der Waals surface area contributed by atoms with Crippen molar-refractivity contribution in [3.63, 3.8) is 0 Å². The molecule has 4 aromatic rings.